The third-order valence-corrected chi connectivity index (χ3v) is 12.6. The van der Waals surface area contributed by atoms with Crippen LogP contribution >= 0.6 is 0 Å². The van der Waals surface area contributed by atoms with Gasteiger partial charge in [-0.2, -0.15) is 0 Å². The minimum absolute atomic E-state index is 0.231. The summed E-state index contributed by atoms with van der Waals surface area (Å²) in [4.78, 5) is 7.97. The van der Waals surface area contributed by atoms with Crippen molar-refractivity contribution < 1.29 is 0 Å². The van der Waals surface area contributed by atoms with E-state index in [-0.39, 0.29) is 6.17 Å². The topological polar surface area (TPSA) is 20.5 Å². The van der Waals surface area contributed by atoms with Crippen LogP contribution in [0.3, 0.4) is 0 Å². The van der Waals surface area contributed by atoms with Gasteiger partial charge in [-0.15, -0.1) is 0 Å². The van der Waals surface area contributed by atoms with Gasteiger partial charge in [-0.3, -0.25) is 4.99 Å². The zero-order chi connectivity index (χ0) is 39.7. The Morgan fingerprint density at radius 3 is 1.50 bits per heavy atom. The third-order valence-electron chi connectivity index (χ3n) is 12.6. The number of aliphatic imine (C=N–C) groups is 1. The van der Waals surface area contributed by atoms with Gasteiger partial charge in [-0.05, 0) is 73.5 Å². The number of hydrogen-bond donors (Lipinski definition) is 0. The summed E-state index contributed by atoms with van der Waals surface area (Å²) in [6, 6.07) is 77.2. The second kappa shape index (κ2) is 13.7. The number of aromatic nitrogens is 1. The fourth-order valence-electron chi connectivity index (χ4n) is 9.75. The van der Waals surface area contributed by atoms with E-state index in [1.807, 2.05) is 0 Å². The zero-order valence-corrected chi connectivity index (χ0v) is 33.1. The molecule has 0 saturated carbocycles. The van der Waals surface area contributed by atoms with Crippen molar-refractivity contribution in [3.05, 3.63) is 229 Å². The number of benzene rings is 10. The monoisotopic (exact) mass is 765 g/mol. The van der Waals surface area contributed by atoms with Gasteiger partial charge in [0.2, 0.25) is 0 Å². The first-order chi connectivity index (χ1) is 29.7. The van der Waals surface area contributed by atoms with Gasteiger partial charge in [0.05, 0.1) is 22.4 Å². The lowest BCUT2D eigenvalue weighted by Crippen LogP contribution is -2.30. The zero-order valence-electron chi connectivity index (χ0n) is 33.1. The number of fused-ring (bicyclic) bond motifs is 9. The van der Waals surface area contributed by atoms with Crippen LogP contribution in [0.15, 0.2) is 217 Å². The molecule has 282 valence electrons. The highest BCUT2D eigenvalue weighted by molar-refractivity contribution is 6.29. The molecule has 0 bridgehead atoms. The molecule has 0 radical (unpaired) electrons. The lowest BCUT2D eigenvalue weighted by molar-refractivity contribution is 0.704. The highest BCUT2D eigenvalue weighted by Crippen LogP contribution is 2.44. The van der Waals surface area contributed by atoms with E-state index in [2.05, 4.69) is 229 Å². The van der Waals surface area contributed by atoms with Gasteiger partial charge < -0.3 is 9.47 Å². The molecule has 0 N–H and O–H groups in total. The molecule has 1 unspecified atom stereocenters. The molecule has 0 aliphatic carbocycles. The van der Waals surface area contributed by atoms with E-state index < -0.39 is 0 Å². The summed E-state index contributed by atoms with van der Waals surface area (Å²) >= 11 is 0. The van der Waals surface area contributed by atoms with E-state index in [0.717, 1.165) is 22.5 Å². The molecule has 1 atom stereocenters. The van der Waals surface area contributed by atoms with Crippen molar-refractivity contribution in [3.63, 3.8) is 0 Å². The van der Waals surface area contributed by atoms with Crippen molar-refractivity contribution in [2.24, 2.45) is 4.99 Å². The maximum absolute atomic E-state index is 5.64. The molecular weight excluding hydrogens is 727 g/mol. The molecule has 2 heterocycles. The van der Waals surface area contributed by atoms with Crippen LogP contribution in [-0.4, -0.2) is 17.3 Å². The number of hydrogen-bond acceptors (Lipinski definition) is 2. The van der Waals surface area contributed by atoms with Crippen molar-refractivity contribution in [2.45, 2.75) is 6.17 Å². The average Bonchev–Trinajstić information content (AvgIpc) is 3.67. The van der Waals surface area contributed by atoms with E-state index in [4.69, 9.17) is 4.99 Å². The Balaban J connectivity index is 0.998. The first kappa shape index (κ1) is 34.3. The molecule has 10 aromatic carbocycles. The molecule has 12 rings (SSSR count). The molecule has 3 heteroatoms. The molecule has 0 spiro atoms. The standard InChI is InChI=1S/C57H39N3/c1-59-50-23-10-9-19-49(50)56(43-31-29-40(30-32-43)39-27-25-38(26-28-39)37-13-3-2-4-14-37)58-57(59)48-22-11-21-47-46(48)20-12-24-51(47)60-52-35-33-41-15-5-7-17-44(41)54(52)55-45-18-8-6-16-42(45)34-36-53(55)60/h2-36,57H,1H3. The molecule has 3 nitrogen and oxygen atoms in total. The van der Waals surface area contributed by atoms with Crippen LogP contribution in [0.2, 0.25) is 0 Å². The third kappa shape index (κ3) is 5.33. The molecule has 1 aliphatic heterocycles. The lowest BCUT2D eigenvalue weighted by atomic mass is 9.93. The van der Waals surface area contributed by atoms with Crippen molar-refractivity contribution >= 4 is 65.5 Å². The minimum Gasteiger partial charge on any atom is -0.349 e. The Morgan fingerprint density at radius 2 is 0.850 bits per heavy atom. The van der Waals surface area contributed by atoms with Gasteiger partial charge in [0, 0.05) is 45.6 Å². The Labute approximate surface area is 348 Å². The second-order valence-electron chi connectivity index (χ2n) is 15.9. The summed E-state index contributed by atoms with van der Waals surface area (Å²) in [5, 5.41) is 10.0. The van der Waals surface area contributed by atoms with Crippen LogP contribution in [0.1, 0.15) is 22.9 Å². The smallest absolute Gasteiger partial charge is 0.148 e. The quantitative estimate of drug-likeness (QED) is 0.171. The molecule has 1 aromatic heterocycles. The summed E-state index contributed by atoms with van der Waals surface area (Å²) in [5.74, 6) is 0. The lowest BCUT2D eigenvalue weighted by Gasteiger charge is -2.35. The van der Waals surface area contributed by atoms with Crippen LogP contribution in [0.25, 0.3) is 82.1 Å². The first-order valence-electron chi connectivity index (χ1n) is 20.7. The maximum atomic E-state index is 5.64. The van der Waals surface area contributed by atoms with Gasteiger partial charge >= 0.3 is 0 Å². The van der Waals surface area contributed by atoms with E-state index in [1.165, 1.54) is 87.6 Å². The number of para-hydroxylation sites is 1. The van der Waals surface area contributed by atoms with Crippen molar-refractivity contribution in [1.82, 2.24) is 4.57 Å². The summed E-state index contributed by atoms with van der Waals surface area (Å²) in [6.45, 7) is 0. The summed E-state index contributed by atoms with van der Waals surface area (Å²) in [7, 11) is 2.18. The predicted molar refractivity (Wildman–Crippen MR) is 254 cm³/mol. The van der Waals surface area contributed by atoms with E-state index in [0.29, 0.717) is 0 Å². The van der Waals surface area contributed by atoms with E-state index >= 15 is 0 Å². The van der Waals surface area contributed by atoms with Gasteiger partial charge in [-0.25, -0.2) is 0 Å². The molecule has 0 saturated heterocycles. The molecule has 0 amide bonds. The summed E-state index contributed by atoms with van der Waals surface area (Å²) in [6.07, 6.45) is -0.231. The molecule has 11 aromatic rings. The van der Waals surface area contributed by atoms with Gasteiger partial charge in [-0.1, -0.05) is 188 Å². The largest absolute Gasteiger partial charge is 0.349 e. The second-order valence-corrected chi connectivity index (χ2v) is 15.9. The number of nitrogens with zero attached hydrogens (tertiary/aromatic N) is 3. The Morgan fingerprint density at radius 1 is 0.367 bits per heavy atom. The highest BCUT2D eigenvalue weighted by Gasteiger charge is 2.29. The molecular formula is C57H39N3. The summed E-state index contributed by atoms with van der Waals surface area (Å²) in [5.41, 5.74) is 14.0. The van der Waals surface area contributed by atoms with E-state index in [9.17, 15) is 0 Å². The predicted octanol–water partition coefficient (Wildman–Crippen LogP) is 14.6. The van der Waals surface area contributed by atoms with Crippen LogP contribution in [0, 0.1) is 0 Å². The van der Waals surface area contributed by atoms with Crippen LogP contribution in [0.4, 0.5) is 5.69 Å². The number of anilines is 1. The van der Waals surface area contributed by atoms with Crippen molar-refractivity contribution in [3.8, 4) is 27.9 Å². The average molecular weight is 766 g/mol. The van der Waals surface area contributed by atoms with Gasteiger partial charge in [0.25, 0.3) is 0 Å². The Bertz CT molecular complexity index is 3390. The van der Waals surface area contributed by atoms with Gasteiger partial charge in [0.15, 0.2) is 0 Å². The van der Waals surface area contributed by atoms with Crippen molar-refractivity contribution in [1.29, 1.82) is 0 Å². The fourth-order valence-corrected chi connectivity index (χ4v) is 9.75. The van der Waals surface area contributed by atoms with Crippen LogP contribution in [-0.2, 0) is 0 Å². The van der Waals surface area contributed by atoms with Gasteiger partial charge in [0.1, 0.15) is 6.17 Å². The molecule has 1 aliphatic rings. The number of rotatable bonds is 5. The van der Waals surface area contributed by atoms with E-state index in [1.54, 1.807) is 0 Å². The Hall–Kier alpha value is -7.75. The molecule has 0 fully saturated rings. The Kier molecular flexibility index (Phi) is 7.82. The highest BCUT2D eigenvalue weighted by atomic mass is 15.2. The fraction of sp³-hybridized carbons (Fsp3) is 0.0351. The molecule has 60 heavy (non-hydrogen) atoms. The first-order valence-corrected chi connectivity index (χ1v) is 20.7. The summed E-state index contributed by atoms with van der Waals surface area (Å²) < 4.78 is 2.49. The SMILES string of the molecule is CN1c2ccccc2C(c2ccc(-c3ccc(-c4ccccc4)cc3)cc2)=NC1c1cccc2c(-n3c4ccc5ccccc5c4c4c5ccccc5ccc43)cccc12. The van der Waals surface area contributed by atoms with Crippen LogP contribution in [0.5, 0.6) is 0 Å². The van der Waals surface area contributed by atoms with Crippen LogP contribution < -0.4 is 4.90 Å². The maximum Gasteiger partial charge on any atom is 0.148 e. The minimum atomic E-state index is -0.231. The van der Waals surface area contributed by atoms with Crippen molar-refractivity contribution in [2.75, 3.05) is 11.9 Å². The normalized spacial score (nSPS) is 14.0.